The van der Waals surface area contributed by atoms with Gasteiger partial charge in [0.2, 0.25) is 5.91 Å². The molecule has 1 aliphatic heterocycles. The summed E-state index contributed by atoms with van der Waals surface area (Å²) in [5.41, 5.74) is -0.948. The van der Waals surface area contributed by atoms with E-state index in [4.69, 9.17) is 4.74 Å². The van der Waals surface area contributed by atoms with Gasteiger partial charge in [-0.25, -0.2) is 4.79 Å². The normalized spacial score (nSPS) is 23.3. The molecule has 30 heavy (non-hydrogen) atoms. The summed E-state index contributed by atoms with van der Waals surface area (Å²) in [6.45, 7) is 5.47. The second-order valence-corrected chi connectivity index (χ2v) is 7.92. The number of carbonyl (C=O) groups excluding carboxylic acids is 5. The van der Waals surface area contributed by atoms with Crippen molar-refractivity contribution in [3.8, 4) is 0 Å². The average molecular weight is 424 g/mol. The lowest BCUT2D eigenvalue weighted by Gasteiger charge is -2.36. The van der Waals surface area contributed by atoms with Crippen LogP contribution < -0.4 is 5.32 Å². The van der Waals surface area contributed by atoms with Crippen LogP contribution in [0.25, 0.3) is 0 Å². The van der Waals surface area contributed by atoms with Crippen LogP contribution in [-0.2, 0) is 23.9 Å². The Balaban J connectivity index is 1.85. The smallest absolute Gasteiger partial charge is 0.326 e. The third-order valence-electron chi connectivity index (χ3n) is 6.06. The van der Waals surface area contributed by atoms with Crippen LogP contribution in [0.15, 0.2) is 0 Å². The van der Waals surface area contributed by atoms with Gasteiger partial charge < -0.3 is 19.9 Å². The van der Waals surface area contributed by atoms with E-state index < -0.39 is 42.5 Å². The summed E-state index contributed by atoms with van der Waals surface area (Å²) < 4.78 is 4.95. The fourth-order valence-corrected chi connectivity index (χ4v) is 4.03. The van der Waals surface area contributed by atoms with Crippen LogP contribution in [-0.4, -0.2) is 89.8 Å². The van der Waals surface area contributed by atoms with E-state index in [2.05, 4.69) is 5.32 Å². The van der Waals surface area contributed by atoms with E-state index in [1.54, 1.807) is 4.90 Å². The van der Waals surface area contributed by atoms with Crippen LogP contribution in [0.1, 0.15) is 46.5 Å². The molecule has 2 rings (SSSR count). The molecule has 1 spiro atoms. The zero-order valence-corrected chi connectivity index (χ0v) is 18.2. The number of urea groups is 1. The maximum atomic E-state index is 12.8. The van der Waals surface area contributed by atoms with Crippen LogP contribution in [0.3, 0.4) is 0 Å². The largest absolute Gasteiger partial charge is 0.454 e. The Morgan fingerprint density at radius 3 is 2.43 bits per heavy atom. The van der Waals surface area contributed by atoms with Crippen molar-refractivity contribution in [1.82, 2.24) is 20.0 Å². The molecule has 5 amide bonds. The van der Waals surface area contributed by atoms with Gasteiger partial charge in [0.15, 0.2) is 6.61 Å². The van der Waals surface area contributed by atoms with E-state index in [1.165, 1.54) is 11.9 Å². The highest BCUT2D eigenvalue weighted by atomic mass is 16.5. The maximum absolute atomic E-state index is 12.8. The van der Waals surface area contributed by atoms with Crippen LogP contribution >= 0.6 is 0 Å². The monoisotopic (exact) mass is 424 g/mol. The summed E-state index contributed by atoms with van der Waals surface area (Å²) in [7, 11) is 1.45. The second kappa shape index (κ2) is 9.90. The third kappa shape index (κ3) is 4.91. The van der Waals surface area contributed by atoms with Crippen LogP contribution in [0.5, 0.6) is 0 Å². The molecule has 0 aromatic rings. The van der Waals surface area contributed by atoms with Crippen molar-refractivity contribution in [3.05, 3.63) is 0 Å². The van der Waals surface area contributed by atoms with Gasteiger partial charge in [-0.1, -0.05) is 19.8 Å². The number of nitrogens with one attached hydrogen (secondary N) is 1. The zero-order valence-electron chi connectivity index (χ0n) is 18.2. The SMILES string of the molecule is CCN(CC)C(=O)CN(C)C(=O)COC(=O)CN1C(=O)N[C@]2(CCCC[C@@H]2C)C1=O. The highest BCUT2D eigenvalue weighted by molar-refractivity contribution is 6.09. The van der Waals surface area contributed by atoms with Gasteiger partial charge in [0.25, 0.3) is 11.8 Å². The lowest BCUT2D eigenvalue weighted by molar-refractivity contribution is -0.154. The van der Waals surface area contributed by atoms with E-state index in [0.717, 1.165) is 24.2 Å². The molecule has 1 N–H and O–H groups in total. The number of rotatable bonds is 8. The Morgan fingerprint density at radius 1 is 1.17 bits per heavy atom. The van der Waals surface area contributed by atoms with E-state index >= 15 is 0 Å². The Hall–Kier alpha value is -2.65. The molecule has 0 bridgehead atoms. The van der Waals surface area contributed by atoms with Crippen LogP contribution in [0.2, 0.25) is 0 Å². The Labute approximate surface area is 176 Å². The minimum absolute atomic E-state index is 0.0118. The van der Waals surface area contributed by atoms with Gasteiger partial charge >= 0.3 is 12.0 Å². The molecule has 0 unspecified atom stereocenters. The molecular formula is C20H32N4O6. The van der Waals surface area contributed by atoms with Crippen molar-refractivity contribution in [2.45, 2.75) is 52.0 Å². The number of hydrogen-bond acceptors (Lipinski definition) is 6. The van der Waals surface area contributed by atoms with Crippen molar-refractivity contribution >= 4 is 29.7 Å². The van der Waals surface area contributed by atoms with Crippen molar-refractivity contribution in [2.75, 3.05) is 39.8 Å². The second-order valence-electron chi connectivity index (χ2n) is 7.92. The van der Waals surface area contributed by atoms with E-state index in [-0.39, 0.29) is 18.4 Å². The standard InChI is InChI=1S/C20H32N4O6/c1-5-23(6-2)15(25)11-22(4)16(26)13-30-17(27)12-24-18(28)20(21-19(24)29)10-8-7-9-14(20)3/h14H,5-13H2,1-4H3,(H,21,29)/t14-,20-/m0/s1. The summed E-state index contributed by atoms with van der Waals surface area (Å²) in [4.78, 5) is 65.2. The minimum atomic E-state index is -0.948. The van der Waals surface area contributed by atoms with Crippen molar-refractivity contribution in [2.24, 2.45) is 5.92 Å². The highest BCUT2D eigenvalue weighted by Gasteiger charge is 2.55. The molecule has 1 heterocycles. The number of ether oxygens (including phenoxy) is 1. The molecule has 10 nitrogen and oxygen atoms in total. The number of likely N-dealkylation sites (N-methyl/N-ethyl adjacent to an activating group) is 2. The number of nitrogens with zero attached hydrogens (tertiary/aromatic N) is 3. The summed E-state index contributed by atoms with van der Waals surface area (Å²) in [5, 5.41) is 2.76. The summed E-state index contributed by atoms with van der Waals surface area (Å²) in [6.07, 6.45) is 3.22. The van der Waals surface area contributed by atoms with Gasteiger partial charge in [-0.2, -0.15) is 0 Å². The van der Waals surface area contributed by atoms with Crippen molar-refractivity contribution < 1.29 is 28.7 Å². The summed E-state index contributed by atoms with van der Waals surface area (Å²) in [6, 6.07) is -0.612. The molecule has 2 fully saturated rings. The lowest BCUT2D eigenvalue weighted by atomic mass is 9.73. The first-order chi connectivity index (χ1) is 14.2. The van der Waals surface area contributed by atoms with Gasteiger partial charge in [0, 0.05) is 20.1 Å². The molecule has 1 saturated heterocycles. The molecule has 2 atom stereocenters. The molecule has 10 heteroatoms. The highest BCUT2D eigenvalue weighted by Crippen LogP contribution is 2.38. The van der Waals surface area contributed by atoms with Crippen molar-refractivity contribution in [1.29, 1.82) is 0 Å². The van der Waals surface area contributed by atoms with Gasteiger partial charge in [0.05, 0.1) is 6.54 Å². The number of esters is 1. The first-order valence-electron chi connectivity index (χ1n) is 10.5. The number of carbonyl (C=O) groups is 5. The first-order valence-corrected chi connectivity index (χ1v) is 10.5. The number of imide groups is 1. The fraction of sp³-hybridized carbons (Fsp3) is 0.750. The number of amides is 5. The zero-order chi connectivity index (χ0) is 22.5. The average Bonchev–Trinajstić information content (AvgIpc) is 2.94. The van der Waals surface area contributed by atoms with Crippen LogP contribution in [0.4, 0.5) is 4.79 Å². The van der Waals surface area contributed by atoms with Gasteiger partial charge in [-0.05, 0) is 32.6 Å². The van der Waals surface area contributed by atoms with E-state index in [0.29, 0.717) is 19.5 Å². The Bertz CT molecular complexity index is 707. The summed E-state index contributed by atoms with van der Waals surface area (Å²) in [5.74, 6) is -2.02. The third-order valence-corrected chi connectivity index (χ3v) is 6.06. The van der Waals surface area contributed by atoms with Gasteiger partial charge in [0.1, 0.15) is 12.1 Å². The first kappa shape index (κ1) is 23.6. The molecule has 2 aliphatic rings. The van der Waals surface area contributed by atoms with Crippen molar-refractivity contribution in [3.63, 3.8) is 0 Å². The Kier molecular flexibility index (Phi) is 7.80. The summed E-state index contributed by atoms with van der Waals surface area (Å²) >= 11 is 0. The molecule has 0 aromatic carbocycles. The predicted octanol–water partition coefficient (Wildman–Crippen LogP) is 0.357. The topological polar surface area (TPSA) is 116 Å². The minimum Gasteiger partial charge on any atom is -0.454 e. The van der Waals surface area contributed by atoms with Crippen LogP contribution in [0, 0.1) is 5.92 Å². The molecule has 1 saturated carbocycles. The van der Waals surface area contributed by atoms with E-state index in [9.17, 15) is 24.0 Å². The molecular weight excluding hydrogens is 392 g/mol. The fourth-order valence-electron chi connectivity index (χ4n) is 4.03. The Morgan fingerprint density at radius 2 is 1.83 bits per heavy atom. The molecule has 0 radical (unpaired) electrons. The maximum Gasteiger partial charge on any atom is 0.326 e. The van der Waals surface area contributed by atoms with Gasteiger partial charge in [-0.3, -0.25) is 24.1 Å². The quantitative estimate of drug-likeness (QED) is 0.444. The predicted molar refractivity (Wildman–Crippen MR) is 107 cm³/mol. The number of hydrogen-bond donors (Lipinski definition) is 1. The molecule has 1 aliphatic carbocycles. The molecule has 168 valence electrons. The van der Waals surface area contributed by atoms with E-state index in [1.807, 2.05) is 20.8 Å². The lowest BCUT2D eigenvalue weighted by Crippen LogP contribution is -2.54. The van der Waals surface area contributed by atoms with Gasteiger partial charge in [-0.15, -0.1) is 0 Å². The molecule has 0 aromatic heterocycles.